The Morgan fingerprint density at radius 2 is 2.00 bits per heavy atom. The second-order valence-electron chi connectivity index (χ2n) is 6.42. The first-order valence-corrected chi connectivity index (χ1v) is 10.8. The van der Waals surface area contributed by atoms with Gasteiger partial charge in [-0.05, 0) is 76.5 Å². The number of H-pyrrole nitrogens is 1. The van der Waals surface area contributed by atoms with E-state index >= 15 is 0 Å². The Balaban J connectivity index is 1.60. The van der Waals surface area contributed by atoms with Crippen molar-refractivity contribution in [3.63, 3.8) is 0 Å². The molecule has 0 unspecified atom stereocenters. The molecule has 28 heavy (non-hydrogen) atoms. The molecule has 3 rings (SSSR count). The Morgan fingerprint density at radius 3 is 2.68 bits per heavy atom. The van der Waals surface area contributed by atoms with Crippen LogP contribution in [-0.2, 0) is 4.79 Å². The molecule has 0 fully saturated rings. The average molecular weight is 508 g/mol. The van der Waals surface area contributed by atoms with Crippen LogP contribution in [0.1, 0.15) is 25.3 Å². The number of carbonyl (C=O) groups is 1. The van der Waals surface area contributed by atoms with Crippen LogP contribution in [0.5, 0.6) is 5.75 Å². The monoisotopic (exact) mass is 508 g/mol. The molecular formula is C20H21IN4O2S. The lowest BCUT2D eigenvalue weighted by Crippen LogP contribution is -2.15. The molecule has 0 atom stereocenters. The van der Waals surface area contributed by atoms with Crippen molar-refractivity contribution in [2.75, 3.05) is 18.2 Å². The van der Waals surface area contributed by atoms with Crippen LogP contribution in [0, 0.1) is 3.57 Å². The van der Waals surface area contributed by atoms with E-state index in [0.717, 1.165) is 26.1 Å². The molecule has 8 heteroatoms. The van der Waals surface area contributed by atoms with Crippen LogP contribution in [0.25, 0.3) is 11.4 Å². The number of benzene rings is 2. The van der Waals surface area contributed by atoms with E-state index in [1.54, 1.807) is 7.11 Å². The van der Waals surface area contributed by atoms with Crippen LogP contribution in [0.4, 0.5) is 5.69 Å². The number of aromatic nitrogens is 3. The van der Waals surface area contributed by atoms with E-state index in [1.165, 1.54) is 11.8 Å². The summed E-state index contributed by atoms with van der Waals surface area (Å²) in [5.74, 6) is 1.93. The smallest absolute Gasteiger partial charge is 0.234 e. The number of methoxy groups -OCH3 is 1. The van der Waals surface area contributed by atoms with Gasteiger partial charge in [0, 0.05) is 14.8 Å². The van der Waals surface area contributed by atoms with E-state index in [-0.39, 0.29) is 11.7 Å². The molecule has 0 saturated heterocycles. The third-order valence-corrected chi connectivity index (χ3v) is 5.59. The zero-order chi connectivity index (χ0) is 20.1. The number of ether oxygens (including phenoxy) is 1. The van der Waals surface area contributed by atoms with Crippen molar-refractivity contribution in [1.82, 2.24) is 15.2 Å². The lowest BCUT2D eigenvalue weighted by Gasteiger charge is -2.14. The van der Waals surface area contributed by atoms with Crippen LogP contribution in [0.3, 0.4) is 0 Å². The largest absolute Gasteiger partial charge is 0.497 e. The SMILES string of the molecule is COc1ccc(-c2nc(SCC(=O)Nc3ccc(I)cc3C(C)C)n[nH]2)cc1. The second kappa shape index (κ2) is 9.42. The number of nitrogens with zero attached hydrogens (tertiary/aromatic N) is 2. The fourth-order valence-electron chi connectivity index (χ4n) is 2.63. The lowest BCUT2D eigenvalue weighted by atomic mass is 10.0. The highest BCUT2D eigenvalue weighted by Crippen LogP contribution is 2.27. The molecule has 2 aromatic carbocycles. The normalized spacial score (nSPS) is 10.9. The maximum absolute atomic E-state index is 12.4. The van der Waals surface area contributed by atoms with Crippen molar-refractivity contribution in [2.24, 2.45) is 0 Å². The van der Waals surface area contributed by atoms with E-state index in [1.807, 2.05) is 36.4 Å². The van der Waals surface area contributed by atoms with Gasteiger partial charge in [0.25, 0.3) is 0 Å². The van der Waals surface area contributed by atoms with E-state index < -0.39 is 0 Å². The van der Waals surface area contributed by atoms with Gasteiger partial charge in [0.15, 0.2) is 5.82 Å². The summed E-state index contributed by atoms with van der Waals surface area (Å²) in [6.45, 7) is 4.23. The van der Waals surface area contributed by atoms with Crippen LogP contribution in [0.15, 0.2) is 47.6 Å². The van der Waals surface area contributed by atoms with Gasteiger partial charge in [-0.15, -0.1) is 5.10 Å². The van der Waals surface area contributed by atoms with Crippen molar-refractivity contribution in [2.45, 2.75) is 24.9 Å². The van der Waals surface area contributed by atoms with Gasteiger partial charge in [-0.3, -0.25) is 9.89 Å². The Labute approximate surface area is 182 Å². The summed E-state index contributed by atoms with van der Waals surface area (Å²) in [7, 11) is 1.63. The van der Waals surface area contributed by atoms with Crippen LogP contribution < -0.4 is 10.1 Å². The maximum Gasteiger partial charge on any atom is 0.234 e. The van der Waals surface area contributed by atoms with Gasteiger partial charge < -0.3 is 10.1 Å². The molecule has 0 spiro atoms. The molecule has 0 aliphatic heterocycles. The number of aromatic amines is 1. The van der Waals surface area contributed by atoms with Gasteiger partial charge in [0.1, 0.15) is 5.75 Å². The summed E-state index contributed by atoms with van der Waals surface area (Å²) < 4.78 is 6.31. The summed E-state index contributed by atoms with van der Waals surface area (Å²) >= 11 is 3.58. The molecule has 0 bridgehead atoms. The molecule has 2 N–H and O–H groups in total. The zero-order valence-corrected chi connectivity index (χ0v) is 18.8. The fraction of sp³-hybridized carbons (Fsp3) is 0.250. The number of rotatable bonds is 7. The molecule has 1 amide bonds. The summed E-state index contributed by atoms with van der Waals surface area (Å²) in [6, 6.07) is 13.6. The lowest BCUT2D eigenvalue weighted by molar-refractivity contribution is -0.113. The average Bonchev–Trinajstić information content (AvgIpc) is 3.17. The minimum Gasteiger partial charge on any atom is -0.497 e. The number of thioether (sulfide) groups is 1. The number of anilines is 1. The fourth-order valence-corrected chi connectivity index (χ4v) is 3.74. The van der Waals surface area contributed by atoms with E-state index in [2.05, 4.69) is 63.0 Å². The van der Waals surface area contributed by atoms with Crippen molar-refractivity contribution in [3.05, 3.63) is 51.6 Å². The number of carbonyl (C=O) groups excluding carboxylic acids is 1. The molecule has 0 saturated carbocycles. The first-order valence-electron chi connectivity index (χ1n) is 8.75. The van der Waals surface area contributed by atoms with Crippen LogP contribution in [-0.4, -0.2) is 34.0 Å². The highest BCUT2D eigenvalue weighted by molar-refractivity contribution is 14.1. The van der Waals surface area contributed by atoms with Crippen molar-refractivity contribution < 1.29 is 9.53 Å². The number of halogens is 1. The highest BCUT2D eigenvalue weighted by Gasteiger charge is 2.13. The van der Waals surface area contributed by atoms with Gasteiger partial charge in [-0.2, -0.15) is 0 Å². The number of amides is 1. The molecule has 0 aliphatic rings. The van der Waals surface area contributed by atoms with Crippen LogP contribution >= 0.6 is 34.4 Å². The summed E-state index contributed by atoms with van der Waals surface area (Å²) in [4.78, 5) is 16.8. The van der Waals surface area contributed by atoms with Gasteiger partial charge in [-0.25, -0.2) is 4.98 Å². The molecule has 146 valence electrons. The van der Waals surface area contributed by atoms with Crippen molar-refractivity contribution in [1.29, 1.82) is 0 Å². The predicted octanol–water partition coefficient (Wildman–Crippen LogP) is 4.94. The Hall–Kier alpha value is -2.07. The summed E-state index contributed by atoms with van der Waals surface area (Å²) in [6.07, 6.45) is 0. The van der Waals surface area contributed by atoms with Gasteiger partial charge in [0.2, 0.25) is 11.1 Å². The number of hydrogen-bond acceptors (Lipinski definition) is 5. The second-order valence-corrected chi connectivity index (χ2v) is 8.61. The van der Waals surface area contributed by atoms with Gasteiger partial charge in [0.05, 0.1) is 12.9 Å². The van der Waals surface area contributed by atoms with E-state index in [4.69, 9.17) is 4.74 Å². The topological polar surface area (TPSA) is 79.9 Å². The minimum atomic E-state index is -0.0797. The molecule has 3 aromatic rings. The molecule has 1 heterocycles. The Morgan fingerprint density at radius 1 is 1.25 bits per heavy atom. The maximum atomic E-state index is 12.4. The standard InChI is InChI=1S/C20H21IN4O2S/c1-12(2)16-10-14(21)6-9-17(16)22-18(26)11-28-20-23-19(24-25-20)13-4-7-15(27-3)8-5-13/h4-10,12H,11H2,1-3H3,(H,22,26)(H,23,24,25). The molecular weight excluding hydrogens is 487 g/mol. The van der Waals surface area contributed by atoms with Crippen LogP contribution in [0.2, 0.25) is 0 Å². The third-order valence-electron chi connectivity index (χ3n) is 4.07. The van der Waals surface area contributed by atoms with Gasteiger partial charge in [-0.1, -0.05) is 25.6 Å². The van der Waals surface area contributed by atoms with E-state index in [0.29, 0.717) is 16.9 Å². The number of hydrogen-bond donors (Lipinski definition) is 2. The predicted molar refractivity (Wildman–Crippen MR) is 121 cm³/mol. The Kier molecular flexibility index (Phi) is 6.95. The first kappa shape index (κ1) is 20.7. The number of nitrogens with one attached hydrogen (secondary N) is 2. The Bertz CT molecular complexity index is 957. The van der Waals surface area contributed by atoms with E-state index in [9.17, 15) is 4.79 Å². The van der Waals surface area contributed by atoms with Crippen molar-refractivity contribution in [3.8, 4) is 17.1 Å². The molecule has 0 radical (unpaired) electrons. The minimum absolute atomic E-state index is 0.0797. The molecule has 6 nitrogen and oxygen atoms in total. The summed E-state index contributed by atoms with van der Waals surface area (Å²) in [5.41, 5.74) is 2.89. The quantitative estimate of drug-likeness (QED) is 0.349. The zero-order valence-electron chi connectivity index (χ0n) is 15.8. The van der Waals surface area contributed by atoms with Crippen molar-refractivity contribution >= 4 is 45.9 Å². The highest BCUT2D eigenvalue weighted by atomic mass is 127. The first-order chi connectivity index (χ1) is 13.5. The molecule has 0 aliphatic carbocycles. The summed E-state index contributed by atoms with van der Waals surface area (Å²) in [5, 5.41) is 10.6. The third kappa shape index (κ3) is 5.26. The molecule has 1 aromatic heterocycles. The van der Waals surface area contributed by atoms with Gasteiger partial charge >= 0.3 is 0 Å².